The van der Waals surface area contributed by atoms with E-state index in [1.807, 2.05) is 194 Å². The Morgan fingerprint density at radius 2 is 1.10 bits per heavy atom. The molecule has 0 bridgehead atoms. The van der Waals surface area contributed by atoms with Crippen molar-refractivity contribution < 1.29 is 364 Å². The topological polar surface area (TPSA) is 162 Å². The van der Waals surface area contributed by atoms with Gasteiger partial charge in [-0.05, 0) is 166 Å². The Labute approximate surface area is 948 Å². The molecule has 0 amide bonds. The summed E-state index contributed by atoms with van der Waals surface area (Å²) in [4.78, 5) is 26.3. The normalized spacial score (nSPS) is 10.2. The van der Waals surface area contributed by atoms with E-state index in [0.29, 0.717) is 11.7 Å². The number of anilines is 1. The van der Waals surface area contributed by atoms with Gasteiger partial charge in [0.15, 0.2) is 5.82 Å². The number of pyridine rings is 4. The Hall–Kier alpha value is 1.59. The zero-order valence-corrected chi connectivity index (χ0v) is 100. The average Bonchev–Trinajstić information content (AvgIpc) is 1.70. The first-order valence-electron chi connectivity index (χ1n) is 33.9. The number of fused-ring (bicyclic) bond motifs is 4. The number of nitrogens with zero attached hydrogens (tertiary/aromatic N) is 16. The maximum absolute atomic E-state index is 4.60. The first-order valence-corrected chi connectivity index (χ1v) is 33.9. The Morgan fingerprint density at radius 1 is 0.482 bits per heavy atom. The molecule has 1 saturated carbocycles. The molecule has 0 spiro atoms. The number of hydrogen-bond donors (Lipinski definition) is 0. The fraction of sp³-hybridized carbons (Fsp3) is 0.345. The van der Waals surface area contributed by atoms with Crippen molar-refractivity contribution in [1.82, 2.24) is 72.9 Å². The minimum atomic E-state index is 0. The summed E-state index contributed by atoms with van der Waals surface area (Å²) in [6, 6.07) is 51.0. The number of hydrogen-bond acceptors (Lipinski definition) is 11. The molecule has 11 radical (unpaired) electrons. The molecule has 1 aliphatic carbocycles. The molecule has 1 fully saturated rings. The summed E-state index contributed by atoms with van der Waals surface area (Å²) in [6.07, 6.45) is 31.9. The van der Waals surface area contributed by atoms with E-state index < -0.39 is 0 Å². The van der Waals surface area contributed by atoms with E-state index in [1.165, 1.54) is 106 Å². The minimum Gasteiger partial charge on any atom is -0.451 e. The van der Waals surface area contributed by atoms with Crippen LogP contribution < -0.4 is 4.90 Å². The average molecular weight is 2340 g/mol. The molecule has 0 unspecified atom stereocenters. The molecule has 2 aliphatic rings. The van der Waals surface area contributed by atoms with Gasteiger partial charge < -0.3 is 48.4 Å². The van der Waals surface area contributed by atoms with Gasteiger partial charge in [-0.2, -0.15) is 40.0 Å². The zero-order valence-electron chi connectivity index (χ0n) is 69.3. The van der Waals surface area contributed by atoms with Crippen molar-refractivity contribution in [3.05, 3.63) is 288 Å². The summed E-state index contributed by atoms with van der Waals surface area (Å²) < 4.78 is 16.1. The predicted octanol–water partition coefficient (Wildman–Crippen LogP) is 18.1. The van der Waals surface area contributed by atoms with E-state index in [4.69, 9.17) is 0 Å². The predicted molar refractivity (Wildman–Crippen MR) is 417 cm³/mol. The third kappa shape index (κ3) is 55.0. The Balaban J connectivity index is -0.000000175. The molecule has 3 aromatic carbocycles. The van der Waals surface area contributed by atoms with Crippen molar-refractivity contribution in [2.24, 2.45) is 48.2 Å². The van der Waals surface area contributed by atoms with Crippen LogP contribution in [0.25, 0.3) is 32.8 Å². The summed E-state index contributed by atoms with van der Waals surface area (Å²) in [5, 5.41) is 15.3. The number of rotatable bonds is 0. The van der Waals surface area contributed by atoms with Crippen molar-refractivity contribution in [2.75, 3.05) is 18.5 Å². The van der Waals surface area contributed by atoms with E-state index in [2.05, 4.69) is 204 Å². The molecule has 12 heterocycles. The van der Waals surface area contributed by atoms with Crippen LogP contribution >= 0.6 is 0 Å². The van der Waals surface area contributed by atoms with Gasteiger partial charge in [-0.1, -0.05) is 130 Å². The molecule has 17 nitrogen and oxygen atoms in total. The van der Waals surface area contributed by atoms with E-state index in [9.17, 15) is 0 Å². The quantitative estimate of drug-likeness (QED) is 0.133. The number of aryl methyl sites for hydroxylation is 18. The molecule has 16 rings (SSSR count). The van der Waals surface area contributed by atoms with Crippen molar-refractivity contribution in [1.29, 1.82) is 0 Å². The van der Waals surface area contributed by atoms with Gasteiger partial charge in [-0.15, -0.1) is 42.7 Å². The van der Waals surface area contributed by atoms with Crippen LogP contribution in [0.15, 0.2) is 188 Å². The first kappa shape index (κ1) is 129. The van der Waals surface area contributed by atoms with Gasteiger partial charge in [-0.25, -0.2) is 34.3 Å². The molecule has 1 aliphatic heterocycles. The molecule has 0 atom stereocenters. The van der Waals surface area contributed by atoms with Crippen molar-refractivity contribution >= 4 is 38.5 Å². The second-order valence-electron chi connectivity index (χ2n) is 25.3. The fourth-order valence-electron chi connectivity index (χ4n) is 10.1. The number of aromatic nitrogens is 15. The molecule has 0 saturated heterocycles. The number of imidazole rings is 1. The van der Waals surface area contributed by atoms with Crippen LogP contribution in [0.2, 0.25) is 0 Å². The van der Waals surface area contributed by atoms with Crippen LogP contribution in [-0.4, -0.2) is 86.5 Å². The van der Waals surface area contributed by atoms with E-state index in [1.54, 1.807) is 37.3 Å². The van der Waals surface area contributed by atoms with E-state index in [-0.39, 0.29) is 367 Å². The van der Waals surface area contributed by atoms with E-state index in [0.717, 1.165) is 45.6 Å². The van der Waals surface area contributed by atoms with Gasteiger partial charge in [-0.3, -0.25) is 14.6 Å². The van der Waals surface area contributed by atoms with Gasteiger partial charge in [0.1, 0.15) is 5.65 Å². The van der Waals surface area contributed by atoms with Crippen LogP contribution in [0.1, 0.15) is 120 Å². The largest absolute Gasteiger partial charge is 0.451 e. The maximum Gasteiger partial charge on any atom is 0.223 e. The van der Waals surface area contributed by atoms with E-state index >= 15 is 0 Å². The molecule has 0 N–H and O–H groups in total. The Bertz CT molecular complexity index is 4270. The van der Waals surface area contributed by atoms with Crippen molar-refractivity contribution in [3.63, 3.8) is 0 Å². The molecule has 112 heavy (non-hydrogen) atoms. The maximum atomic E-state index is 4.60. The van der Waals surface area contributed by atoms with Crippen LogP contribution in [0.3, 0.4) is 0 Å². The summed E-state index contributed by atoms with van der Waals surface area (Å²) in [6.45, 7) is 27.3. The third-order valence-corrected chi connectivity index (χ3v) is 15.4. The second kappa shape index (κ2) is 74.1. The van der Waals surface area contributed by atoms with Gasteiger partial charge in [0, 0.05) is 461 Å². The van der Waals surface area contributed by atoms with Crippen molar-refractivity contribution in [2.45, 2.75) is 136 Å². The van der Waals surface area contributed by atoms with Gasteiger partial charge >= 0.3 is 0 Å². The van der Waals surface area contributed by atoms with Gasteiger partial charge in [0.2, 0.25) is 5.89 Å². The molecule has 11 aromatic heterocycles. The molecular weight excluding hydrogens is 2230 g/mol. The summed E-state index contributed by atoms with van der Waals surface area (Å²) in [5.74, 6) is 2.35. The Morgan fingerprint density at radius 3 is 1.54 bits per heavy atom. The third-order valence-electron chi connectivity index (χ3n) is 15.4. The molecule has 14 aromatic rings. The summed E-state index contributed by atoms with van der Waals surface area (Å²) in [5.41, 5.74) is 17.9. The fourth-order valence-corrected chi connectivity index (χ4v) is 10.1. The standard InChI is InChI=1S/C10H13N.2C9H10N2.C9H8N.C7H9N.C7H8N.C7H9N.C7H14.C5H7N2.C5H6N.C4H6N2O.C4H5N2.CH4.11Y/c1-8-3-4-10-9(7-8)5-6-11(10)2;1-7-5-8-3-4-11(2)9(8)10-6-7;1-7-3-4-9-8(5-7)6-10-11(9)2;1-10-7-6-8-4-2-3-5-9(8)10;1-6-3-4-8-7(2)5-6;1-6-3-4-7(2)8-5-6;1-6-4-3-5-7(2)8-6;1-7-5-3-2-4-6-7;1-5-3-4-7(2)6-5;1-6-4-2-3-5-6;1-3-5-4(2)7-6-3;1-6-3-2-5-4-6;;;;;;;;;;;;/h3-4,7H,5-6H2,1-2H3;2*3-6H,1-2H3;3-7H,1H3;3-5H,1-2H3;3,5H,1-2H3;3-5H,1-2H3;7H,2-6H2,1H3;4H,1-2H3;2,4-5H,1H3;1-2H3;3-4H,1H3;1H4;;;;;;;;;;;/q;;;-1;;-1;;;2*-1;;-1;;;;;;;;;;;;. The smallest absolute Gasteiger partial charge is 0.223 e. The van der Waals surface area contributed by atoms with Crippen LogP contribution in [0.5, 0.6) is 0 Å². The SMILES string of the molecule is C.CC1CCCCC1.Cc1[c-]cn(C)n1.Cc1c[c-]c(C)nc1.Cc1ccc2c(c1)CCN2C.Cc1ccc2c(cnn2C)c1.Cc1cccc(C)n1.Cc1ccnc(C)c1.Cc1cnc2c(ccn2C)c1.Cc1noc(C)n1.Cn1c[c-]cc1.Cn1c[c-]nc1.Cn1ccc2c[c-]ccc21.[Y].[Y].[Y].[Y].[Y].[Y].[Y].[Y].[Y].[Y].[Y]. The van der Waals surface area contributed by atoms with Crippen molar-refractivity contribution in [3.8, 4) is 0 Å². The molecule has 28 heteroatoms. The monoisotopic (exact) mass is 2340 g/mol. The second-order valence-corrected chi connectivity index (χ2v) is 25.3. The molecule has 569 valence electrons. The summed E-state index contributed by atoms with van der Waals surface area (Å²) >= 11 is 0. The zero-order chi connectivity index (χ0) is 72.9. The summed E-state index contributed by atoms with van der Waals surface area (Å²) in [7, 11) is 13.9. The number of benzene rings is 3. The minimum absolute atomic E-state index is 0. The number of likely N-dealkylation sites (N-methyl/N-ethyl adjacent to an activating group) is 1. The Kier molecular flexibility index (Phi) is 85.4. The van der Waals surface area contributed by atoms with Crippen LogP contribution in [-0.2, 0) is 409 Å². The molecular formula is C84H109N16OY11-5. The van der Waals surface area contributed by atoms with Crippen LogP contribution in [0.4, 0.5) is 5.69 Å². The van der Waals surface area contributed by atoms with Gasteiger partial charge in [0.25, 0.3) is 0 Å². The first-order chi connectivity index (χ1) is 47.8. The van der Waals surface area contributed by atoms with Crippen LogP contribution in [0, 0.1) is 119 Å². The van der Waals surface area contributed by atoms with Gasteiger partial charge in [0.05, 0.1) is 11.7 Å².